The molecule has 2 saturated carbocycles. The molecular weight excluding hydrogens is 266 g/mol. The summed E-state index contributed by atoms with van der Waals surface area (Å²) in [6.45, 7) is 0.347. The summed E-state index contributed by atoms with van der Waals surface area (Å²) in [6, 6.07) is 5.50. The van der Waals surface area contributed by atoms with Crippen LogP contribution in [0.1, 0.15) is 62.3 Å². The second-order valence-electron chi connectivity index (χ2n) is 6.54. The zero-order valence-electron chi connectivity index (χ0n) is 12.3. The molecule has 3 rings (SSSR count). The number of rotatable bonds is 5. The molecule has 2 aliphatic carbocycles. The molecule has 0 bridgehead atoms. The minimum Gasteiger partial charge on any atom is -0.396 e. The minimum absolute atomic E-state index is 0.347. The fourth-order valence-electron chi connectivity index (χ4n) is 4.09. The average Bonchev–Trinajstić information content (AvgIpc) is 3.18. The van der Waals surface area contributed by atoms with E-state index in [1.807, 2.05) is 11.3 Å². The fourth-order valence-corrected chi connectivity index (χ4v) is 4.96. The smallest absolute Gasteiger partial charge is 0.0474 e. The highest BCUT2D eigenvalue weighted by Gasteiger charge is 2.32. The SMILES string of the molecule is OCC1CCCCC1NC(c1cccs1)C1CCCC1. The van der Waals surface area contributed by atoms with Crippen LogP contribution >= 0.6 is 11.3 Å². The zero-order chi connectivity index (χ0) is 13.8. The van der Waals surface area contributed by atoms with Gasteiger partial charge in [-0.3, -0.25) is 0 Å². The van der Waals surface area contributed by atoms with Gasteiger partial charge in [-0.2, -0.15) is 0 Å². The highest BCUT2D eigenvalue weighted by Crippen LogP contribution is 2.39. The van der Waals surface area contributed by atoms with Crippen LogP contribution in [0.5, 0.6) is 0 Å². The van der Waals surface area contributed by atoms with E-state index in [9.17, 15) is 5.11 Å². The van der Waals surface area contributed by atoms with Crippen molar-refractivity contribution in [2.24, 2.45) is 11.8 Å². The number of hydrogen-bond acceptors (Lipinski definition) is 3. The van der Waals surface area contributed by atoms with Crippen LogP contribution in [0, 0.1) is 11.8 Å². The van der Waals surface area contributed by atoms with Crippen LogP contribution in [0.3, 0.4) is 0 Å². The number of aliphatic hydroxyl groups is 1. The summed E-state index contributed by atoms with van der Waals surface area (Å²) in [6.07, 6.45) is 10.5. The lowest BCUT2D eigenvalue weighted by Crippen LogP contribution is -2.43. The van der Waals surface area contributed by atoms with E-state index in [2.05, 4.69) is 22.8 Å². The first kappa shape index (κ1) is 14.6. The summed E-state index contributed by atoms with van der Waals surface area (Å²) in [7, 11) is 0. The van der Waals surface area contributed by atoms with Gasteiger partial charge in [0.1, 0.15) is 0 Å². The van der Waals surface area contributed by atoms with E-state index in [1.54, 1.807) is 0 Å². The Morgan fingerprint density at radius 3 is 2.60 bits per heavy atom. The van der Waals surface area contributed by atoms with Crippen LogP contribution < -0.4 is 5.32 Å². The Morgan fingerprint density at radius 1 is 1.15 bits per heavy atom. The van der Waals surface area contributed by atoms with Crippen molar-refractivity contribution in [1.29, 1.82) is 0 Å². The molecule has 2 N–H and O–H groups in total. The van der Waals surface area contributed by atoms with Gasteiger partial charge < -0.3 is 10.4 Å². The van der Waals surface area contributed by atoms with E-state index in [0.29, 0.717) is 24.6 Å². The van der Waals surface area contributed by atoms with Crippen molar-refractivity contribution in [2.45, 2.75) is 63.5 Å². The highest BCUT2D eigenvalue weighted by molar-refractivity contribution is 7.10. The summed E-state index contributed by atoms with van der Waals surface area (Å²) in [5, 5.41) is 15.8. The third-order valence-corrected chi connectivity index (χ3v) is 6.21. The van der Waals surface area contributed by atoms with Crippen LogP contribution in [-0.2, 0) is 0 Å². The lowest BCUT2D eigenvalue weighted by molar-refractivity contribution is 0.138. The third kappa shape index (κ3) is 3.26. The van der Waals surface area contributed by atoms with Gasteiger partial charge in [-0.1, -0.05) is 31.7 Å². The van der Waals surface area contributed by atoms with Crippen molar-refractivity contribution in [3.63, 3.8) is 0 Å². The Kier molecular flexibility index (Phi) is 5.14. The first-order valence-corrected chi connectivity index (χ1v) is 9.16. The predicted octanol–water partition coefficient (Wildman–Crippen LogP) is 4.12. The molecule has 1 aromatic rings. The molecule has 0 radical (unpaired) electrons. The summed E-state index contributed by atoms with van der Waals surface area (Å²) < 4.78 is 0. The van der Waals surface area contributed by atoms with Crippen molar-refractivity contribution in [3.05, 3.63) is 22.4 Å². The lowest BCUT2D eigenvalue weighted by Gasteiger charge is -2.36. The molecule has 0 amide bonds. The number of aliphatic hydroxyl groups excluding tert-OH is 1. The predicted molar refractivity (Wildman–Crippen MR) is 85.0 cm³/mol. The maximum atomic E-state index is 9.63. The van der Waals surface area contributed by atoms with Gasteiger partial charge >= 0.3 is 0 Å². The first-order chi connectivity index (χ1) is 9.88. The topological polar surface area (TPSA) is 32.3 Å². The second kappa shape index (κ2) is 7.06. The Balaban J connectivity index is 1.72. The maximum absolute atomic E-state index is 9.63. The number of thiophene rings is 1. The van der Waals surface area contributed by atoms with Crippen LogP contribution in [0.4, 0.5) is 0 Å². The van der Waals surface area contributed by atoms with Gasteiger partial charge in [0.05, 0.1) is 0 Å². The van der Waals surface area contributed by atoms with Gasteiger partial charge in [-0.15, -0.1) is 11.3 Å². The standard InChI is InChI=1S/C17H27NOS/c19-12-14-8-3-4-9-15(14)18-17(13-6-1-2-7-13)16-10-5-11-20-16/h5,10-11,13-15,17-19H,1-4,6-9,12H2. The summed E-state index contributed by atoms with van der Waals surface area (Å²) in [5.41, 5.74) is 0. The quantitative estimate of drug-likeness (QED) is 0.856. The third-order valence-electron chi connectivity index (χ3n) is 5.26. The van der Waals surface area contributed by atoms with Crippen molar-refractivity contribution in [3.8, 4) is 0 Å². The van der Waals surface area contributed by atoms with Crippen LogP contribution in [0.15, 0.2) is 17.5 Å². The van der Waals surface area contributed by atoms with Crippen LogP contribution in [-0.4, -0.2) is 17.8 Å². The first-order valence-electron chi connectivity index (χ1n) is 8.29. The molecule has 3 heteroatoms. The van der Waals surface area contributed by atoms with Gasteiger partial charge in [0, 0.05) is 23.6 Å². The van der Waals surface area contributed by atoms with Gasteiger partial charge in [0.15, 0.2) is 0 Å². The van der Waals surface area contributed by atoms with E-state index in [0.717, 1.165) is 5.92 Å². The van der Waals surface area contributed by atoms with Gasteiger partial charge in [-0.25, -0.2) is 0 Å². The van der Waals surface area contributed by atoms with E-state index in [1.165, 1.54) is 56.2 Å². The van der Waals surface area contributed by atoms with Crippen LogP contribution in [0.2, 0.25) is 0 Å². The lowest BCUT2D eigenvalue weighted by atomic mass is 9.83. The van der Waals surface area contributed by atoms with Gasteiger partial charge in [-0.05, 0) is 49.0 Å². The number of nitrogens with one attached hydrogen (secondary N) is 1. The zero-order valence-corrected chi connectivity index (χ0v) is 13.1. The molecule has 2 nitrogen and oxygen atoms in total. The highest BCUT2D eigenvalue weighted by atomic mass is 32.1. The fraction of sp³-hybridized carbons (Fsp3) is 0.765. The summed E-state index contributed by atoms with van der Waals surface area (Å²) in [5.74, 6) is 1.27. The summed E-state index contributed by atoms with van der Waals surface area (Å²) >= 11 is 1.89. The van der Waals surface area contributed by atoms with E-state index in [-0.39, 0.29) is 0 Å². The molecule has 3 atom stereocenters. The molecule has 0 aliphatic heterocycles. The Hall–Kier alpha value is -0.380. The van der Waals surface area contributed by atoms with Crippen LogP contribution in [0.25, 0.3) is 0 Å². The van der Waals surface area contributed by atoms with Crippen molar-refractivity contribution in [1.82, 2.24) is 5.32 Å². The molecule has 2 aliphatic rings. The Labute approximate surface area is 126 Å². The molecule has 0 saturated heterocycles. The molecule has 1 heterocycles. The Morgan fingerprint density at radius 2 is 1.90 bits per heavy atom. The molecule has 3 unspecified atom stereocenters. The van der Waals surface area contributed by atoms with Crippen molar-refractivity contribution < 1.29 is 5.11 Å². The van der Waals surface area contributed by atoms with E-state index in [4.69, 9.17) is 0 Å². The van der Waals surface area contributed by atoms with Gasteiger partial charge in [0.2, 0.25) is 0 Å². The average molecular weight is 293 g/mol. The molecular formula is C17H27NOS. The summed E-state index contributed by atoms with van der Waals surface area (Å²) in [4.78, 5) is 1.50. The molecule has 112 valence electrons. The Bertz CT molecular complexity index is 386. The van der Waals surface area contributed by atoms with E-state index >= 15 is 0 Å². The largest absolute Gasteiger partial charge is 0.396 e. The van der Waals surface area contributed by atoms with Gasteiger partial charge in [0.25, 0.3) is 0 Å². The minimum atomic E-state index is 0.347. The van der Waals surface area contributed by atoms with Crippen molar-refractivity contribution >= 4 is 11.3 Å². The second-order valence-corrected chi connectivity index (χ2v) is 7.52. The maximum Gasteiger partial charge on any atom is 0.0474 e. The van der Waals surface area contributed by atoms with E-state index < -0.39 is 0 Å². The molecule has 0 spiro atoms. The monoisotopic (exact) mass is 293 g/mol. The molecule has 1 aromatic heterocycles. The molecule has 2 fully saturated rings. The number of hydrogen-bond donors (Lipinski definition) is 2. The molecule has 20 heavy (non-hydrogen) atoms. The van der Waals surface area contributed by atoms with Crippen molar-refractivity contribution in [2.75, 3.05) is 6.61 Å². The molecule has 0 aromatic carbocycles. The normalized spacial score (nSPS) is 29.6.